The van der Waals surface area contributed by atoms with Gasteiger partial charge < -0.3 is 25.8 Å². The third-order valence-corrected chi connectivity index (χ3v) is 4.63. The van der Waals surface area contributed by atoms with Gasteiger partial charge >= 0.3 is 0 Å². The van der Waals surface area contributed by atoms with Gasteiger partial charge in [-0.3, -0.25) is 9.59 Å². The largest absolute Gasteiger partial charge is 0.379 e. The number of aromatic nitrogens is 1. The Hall–Kier alpha value is -2.81. The molecule has 0 bridgehead atoms. The highest BCUT2D eigenvalue weighted by Crippen LogP contribution is 2.39. The van der Waals surface area contributed by atoms with Crippen molar-refractivity contribution in [2.45, 2.75) is 25.2 Å². The summed E-state index contributed by atoms with van der Waals surface area (Å²) in [6.07, 6.45) is 4.39. The molecule has 2 amide bonds. The molecule has 2 aromatic rings. The van der Waals surface area contributed by atoms with Gasteiger partial charge in [-0.15, -0.1) is 0 Å². The summed E-state index contributed by atoms with van der Waals surface area (Å²) in [7, 11) is 0. The first-order valence-electron chi connectivity index (χ1n) is 10.2. The monoisotopic (exact) mass is 412 g/mol. The number of carbonyl (C=O) groups excluding carboxylic acids is 2. The van der Waals surface area contributed by atoms with Crippen molar-refractivity contribution in [2.24, 2.45) is 5.73 Å². The SMILES string of the molecule is NCCOCCOCCC(=O)Nc1ccccc1C(=O)Nc1ccc(C2CC2)cn1. The summed E-state index contributed by atoms with van der Waals surface area (Å²) in [5.41, 5.74) is 7.35. The molecule has 0 atom stereocenters. The number of nitrogens with two attached hydrogens (primary N) is 1. The van der Waals surface area contributed by atoms with Crippen LogP contribution in [0.3, 0.4) is 0 Å². The molecule has 0 saturated heterocycles. The Bertz CT molecular complexity index is 837. The molecule has 1 saturated carbocycles. The number of hydrogen-bond donors (Lipinski definition) is 3. The normalized spacial score (nSPS) is 13.1. The minimum Gasteiger partial charge on any atom is -0.379 e. The lowest BCUT2D eigenvalue weighted by atomic mass is 10.1. The maximum Gasteiger partial charge on any atom is 0.258 e. The van der Waals surface area contributed by atoms with E-state index in [-0.39, 0.29) is 24.8 Å². The molecular weight excluding hydrogens is 384 g/mol. The van der Waals surface area contributed by atoms with Crippen LogP contribution in [0.15, 0.2) is 42.6 Å². The zero-order valence-corrected chi connectivity index (χ0v) is 16.9. The highest BCUT2D eigenvalue weighted by Gasteiger charge is 2.23. The van der Waals surface area contributed by atoms with Crippen LogP contribution in [0, 0.1) is 0 Å². The van der Waals surface area contributed by atoms with Gasteiger partial charge in [0.1, 0.15) is 5.82 Å². The van der Waals surface area contributed by atoms with Gasteiger partial charge in [0.15, 0.2) is 0 Å². The van der Waals surface area contributed by atoms with E-state index in [0.717, 1.165) is 0 Å². The van der Waals surface area contributed by atoms with Crippen LogP contribution in [0.5, 0.6) is 0 Å². The summed E-state index contributed by atoms with van der Waals surface area (Å²) in [5.74, 6) is 0.535. The van der Waals surface area contributed by atoms with Gasteiger partial charge in [-0.2, -0.15) is 0 Å². The molecule has 0 spiro atoms. The van der Waals surface area contributed by atoms with Crippen LogP contribution in [-0.2, 0) is 14.3 Å². The van der Waals surface area contributed by atoms with Crippen LogP contribution in [0.4, 0.5) is 11.5 Å². The third kappa shape index (κ3) is 6.91. The Morgan fingerprint density at radius 3 is 2.47 bits per heavy atom. The second-order valence-electron chi connectivity index (χ2n) is 7.06. The number of rotatable bonds is 12. The number of anilines is 2. The molecular formula is C22H28N4O4. The summed E-state index contributed by atoms with van der Waals surface area (Å²) in [6.45, 7) is 2.07. The average Bonchev–Trinajstić information content (AvgIpc) is 3.59. The van der Waals surface area contributed by atoms with Crippen molar-refractivity contribution in [3.05, 3.63) is 53.7 Å². The van der Waals surface area contributed by atoms with Crippen LogP contribution < -0.4 is 16.4 Å². The molecule has 1 aromatic carbocycles. The van der Waals surface area contributed by atoms with Gasteiger partial charge in [-0.25, -0.2) is 4.98 Å². The second kappa shape index (κ2) is 11.4. The van der Waals surface area contributed by atoms with Crippen LogP contribution in [0.1, 0.15) is 41.1 Å². The summed E-state index contributed by atoms with van der Waals surface area (Å²) in [5, 5.41) is 5.56. The number of para-hydroxylation sites is 1. The molecule has 4 N–H and O–H groups in total. The fourth-order valence-corrected chi connectivity index (χ4v) is 2.89. The molecule has 1 aliphatic carbocycles. The number of pyridine rings is 1. The number of carbonyl (C=O) groups is 2. The van der Waals surface area contributed by atoms with Crippen LogP contribution in [0.2, 0.25) is 0 Å². The number of nitrogens with one attached hydrogen (secondary N) is 2. The Labute approximate surface area is 176 Å². The fraction of sp³-hybridized carbons (Fsp3) is 0.409. The lowest BCUT2D eigenvalue weighted by molar-refractivity contribution is -0.117. The number of nitrogens with zero attached hydrogens (tertiary/aromatic N) is 1. The van der Waals surface area contributed by atoms with Crippen molar-refractivity contribution in [1.82, 2.24) is 4.98 Å². The standard InChI is InChI=1S/C22H28N4O4/c23-10-12-30-14-13-29-11-9-21(27)25-19-4-2-1-3-18(19)22(28)26-20-8-7-17(15-24-20)16-5-6-16/h1-4,7-8,15-16H,5-6,9-14,23H2,(H,25,27)(H,24,26,28). The first kappa shape index (κ1) is 21.9. The Morgan fingerprint density at radius 2 is 1.77 bits per heavy atom. The summed E-state index contributed by atoms with van der Waals surface area (Å²) < 4.78 is 10.6. The first-order chi connectivity index (χ1) is 14.7. The molecule has 160 valence electrons. The second-order valence-corrected chi connectivity index (χ2v) is 7.06. The van der Waals surface area contributed by atoms with E-state index in [0.29, 0.717) is 49.4 Å². The zero-order chi connectivity index (χ0) is 21.2. The minimum absolute atomic E-state index is 0.178. The first-order valence-corrected chi connectivity index (χ1v) is 10.2. The van der Waals surface area contributed by atoms with E-state index in [1.807, 2.05) is 12.3 Å². The van der Waals surface area contributed by atoms with Crippen LogP contribution in [0.25, 0.3) is 0 Å². The van der Waals surface area contributed by atoms with E-state index < -0.39 is 0 Å². The van der Waals surface area contributed by atoms with E-state index in [2.05, 4.69) is 15.6 Å². The van der Waals surface area contributed by atoms with Gasteiger partial charge in [0.05, 0.1) is 44.1 Å². The third-order valence-electron chi connectivity index (χ3n) is 4.63. The van der Waals surface area contributed by atoms with Crippen molar-refractivity contribution >= 4 is 23.3 Å². The van der Waals surface area contributed by atoms with Crippen LogP contribution in [-0.4, -0.2) is 49.8 Å². The average molecular weight is 412 g/mol. The number of ether oxygens (including phenoxy) is 2. The quantitative estimate of drug-likeness (QED) is 0.462. The smallest absolute Gasteiger partial charge is 0.258 e. The lowest BCUT2D eigenvalue weighted by Gasteiger charge is -2.11. The van der Waals surface area contributed by atoms with E-state index in [1.165, 1.54) is 18.4 Å². The van der Waals surface area contributed by atoms with E-state index in [9.17, 15) is 9.59 Å². The Kier molecular flexibility index (Phi) is 8.31. The molecule has 0 unspecified atom stereocenters. The fourth-order valence-electron chi connectivity index (χ4n) is 2.89. The molecule has 0 radical (unpaired) electrons. The Balaban J connectivity index is 1.48. The van der Waals surface area contributed by atoms with Gasteiger partial charge in [0, 0.05) is 12.7 Å². The lowest BCUT2D eigenvalue weighted by Crippen LogP contribution is -2.20. The van der Waals surface area contributed by atoms with Gasteiger partial charge in [0.25, 0.3) is 5.91 Å². The maximum absolute atomic E-state index is 12.7. The molecule has 1 heterocycles. The maximum atomic E-state index is 12.7. The predicted octanol–water partition coefficient (Wildman–Crippen LogP) is 2.53. The highest BCUT2D eigenvalue weighted by atomic mass is 16.5. The molecule has 1 aliphatic rings. The minimum atomic E-state index is -0.328. The molecule has 8 heteroatoms. The van der Waals surface area contributed by atoms with Gasteiger partial charge in [0.2, 0.25) is 5.91 Å². The molecule has 3 rings (SSSR count). The summed E-state index contributed by atoms with van der Waals surface area (Å²) in [4.78, 5) is 29.2. The number of hydrogen-bond acceptors (Lipinski definition) is 6. The number of benzene rings is 1. The van der Waals surface area contributed by atoms with E-state index in [4.69, 9.17) is 15.2 Å². The summed E-state index contributed by atoms with van der Waals surface area (Å²) >= 11 is 0. The molecule has 30 heavy (non-hydrogen) atoms. The zero-order valence-electron chi connectivity index (χ0n) is 16.9. The number of amides is 2. The van der Waals surface area contributed by atoms with Crippen molar-refractivity contribution in [1.29, 1.82) is 0 Å². The molecule has 1 aromatic heterocycles. The summed E-state index contributed by atoms with van der Waals surface area (Å²) in [6, 6.07) is 10.7. The molecule has 1 fully saturated rings. The van der Waals surface area contributed by atoms with Crippen LogP contribution >= 0.6 is 0 Å². The topological polar surface area (TPSA) is 116 Å². The van der Waals surface area contributed by atoms with Crippen molar-refractivity contribution < 1.29 is 19.1 Å². The van der Waals surface area contributed by atoms with E-state index >= 15 is 0 Å². The highest BCUT2D eigenvalue weighted by molar-refractivity contribution is 6.09. The van der Waals surface area contributed by atoms with Crippen molar-refractivity contribution in [3.8, 4) is 0 Å². The van der Waals surface area contributed by atoms with E-state index in [1.54, 1.807) is 30.3 Å². The van der Waals surface area contributed by atoms with Gasteiger partial charge in [-0.05, 0) is 42.5 Å². The van der Waals surface area contributed by atoms with Crippen molar-refractivity contribution in [3.63, 3.8) is 0 Å². The molecule has 8 nitrogen and oxygen atoms in total. The Morgan fingerprint density at radius 1 is 1.00 bits per heavy atom. The van der Waals surface area contributed by atoms with Crippen molar-refractivity contribution in [2.75, 3.05) is 43.6 Å². The van der Waals surface area contributed by atoms with Gasteiger partial charge in [-0.1, -0.05) is 18.2 Å². The predicted molar refractivity (Wildman–Crippen MR) is 115 cm³/mol. The molecule has 0 aliphatic heterocycles.